The predicted octanol–water partition coefficient (Wildman–Crippen LogP) is 0.368. The molecule has 2 aliphatic rings. The summed E-state index contributed by atoms with van der Waals surface area (Å²) in [4.78, 5) is 27.3. The summed E-state index contributed by atoms with van der Waals surface area (Å²) in [6.45, 7) is 2.24. The van der Waals surface area contributed by atoms with E-state index in [1.165, 1.54) is 6.20 Å². The third-order valence-electron chi connectivity index (χ3n) is 5.98. The quantitative estimate of drug-likeness (QED) is 0.380. The number of carbonyl (C=O) groups is 1. The van der Waals surface area contributed by atoms with Gasteiger partial charge in [0.2, 0.25) is 5.43 Å². The number of aliphatic hydroxyl groups excluding tert-OH is 2. The fourth-order valence-corrected chi connectivity index (χ4v) is 4.07. The van der Waals surface area contributed by atoms with Gasteiger partial charge in [0.25, 0.3) is 0 Å². The average Bonchev–Trinajstić information content (AvgIpc) is 2.76. The van der Waals surface area contributed by atoms with Gasteiger partial charge >= 0.3 is 5.97 Å². The number of hydrogen-bond acceptors (Lipinski definition) is 8. The Balaban J connectivity index is 1.82. The lowest BCUT2D eigenvalue weighted by molar-refractivity contribution is -0.861. The normalized spacial score (nSPS) is 20.7. The summed E-state index contributed by atoms with van der Waals surface area (Å²) in [6.07, 6.45) is 0.0944. The number of aromatic nitrogens is 1. The van der Waals surface area contributed by atoms with Crippen LogP contribution in [0.3, 0.4) is 0 Å². The number of esters is 1. The van der Waals surface area contributed by atoms with Gasteiger partial charge in [0.15, 0.2) is 11.6 Å². The Hall–Kier alpha value is -2.73. The number of hydrogen-bond donors (Lipinski definition) is 2. The fraction of sp³-hybridized carbons (Fsp3) is 0.524. The lowest BCUT2D eigenvalue weighted by atomic mass is 10.1. The number of piperazine rings is 1. The van der Waals surface area contributed by atoms with Gasteiger partial charge in [0.1, 0.15) is 30.6 Å². The van der Waals surface area contributed by atoms with Gasteiger partial charge in [0.05, 0.1) is 56.8 Å². The molecule has 2 aliphatic heterocycles. The van der Waals surface area contributed by atoms with Crippen LogP contribution in [0.4, 0.5) is 10.1 Å². The number of benzene rings is 1. The standard InChI is InChI=1S/C21H26FN3O7/c1-12-10-31-20-17-14(7-16(22)18(20)23-3-5-25(2,30)6-4-23)19(28)15(8-24(12)17)21(29)32-11-13(27)9-26/h7-8,12-13,26-27H,3-6,9-11H2,1-2H3. The molecule has 2 atom stereocenters. The first-order valence-corrected chi connectivity index (χ1v) is 10.4. The molecule has 4 rings (SSSR count). The fourth-order valence-electron chi connectivity index (χ4n) is 4.07. The van der Waals surface area contributed by atoms with Crippen LogP contribution in [0.5, 0.6) is 5.75 Å². The highest BCUT2D eigenvalue weighted by atomic mass is 19.1. The van der Waals surface area contributed by atoms with E-state index in [-0.39, 0.29) is 35.0 Å². The molecule has 2 N–H and O–H groups in total. The van der Waals surface area contributed by atoms with Crippen LogP contribution in [0.1, 0.15) is 23.3 Å². The van der Waals surface area contributed by atoms with Crippen LogP contribution < -0.4 is 15.1 Å². The SMILES string of the molecule is CC1COc2c(N3CC[N+](C)([O-])CC3)c(F)cc3c(=O)c(C(=O)OCC(O)CO)cn1c23. The van der Waals surface area contributed by atoms with Gasteiger partial charge in [-0.25, -0.2) is 9.18 Å². The number of carbonyl (C=O) groups excluding carboxylic acids is 1. The van der Waals surface area contributed by atoms with E-state index in [2.05, 4.69) is 0 Å². The van der Waals surface area contributed by atoms with E-state index in [1.807, 2.05) is 6.92 Å². The van der Waals surface area contributed by atoms with E-state index >= 15 is 4.39 Å². The smallest absolute Gasteiger partial charge is 0.343 e. The van der Waals surface area contributed by atoms with Gasteiger partial charge in [0, 0.05) is 6.20 Å². The van der Waals surface area contributed by atoms with E-state index < -0.39 is 41.2 Å². The topological polar surface area (TPSA) is 124 Å². The van der Waals surface area contributed by atoms with Gasteiger partial charge in [-0.2, -0.15) is 0 Å². The number of pyridine rings is 1. The Kier molecular flexibility index (Phi) is 5.84. The summed E-state index contributed by atoms with van der Waals surface area (Å²) in [5.41, 5.74) is -0.431. The predicted molar refractivity (Wildman–Crippen MR) is 113 cm³/mol. The molecular weight excluding hydrogens is 425 g/mol. The molecule has 0 aliphatic carbocycles. The van der Waals surface area contributed by atoms with Crippen LogP contribution >= 0.6 is 0 Å². The molecule has 1 aromatic carbocycles. The minimum absolute atomic E-state index is 0.0218. The van der Waals surface area contributed by atoms with Crippen LogP contribution in [0.2, 0.25) is 0 Å². The molecule has 0 bridgehead atoms. The second-order valence-corrected chi connectivity index (χ2v) is 8.54. The number of ether oxygens (including phenoxy) is 2. The van der Waals surface area contributed by atoms with Crippen molar-refractivity contribution in [2.45, 2.75) is 19.1 Å². The van der Waals surface area contributed by atoms with Gasteiger partial charge in [-0.15, -0.1) is 0 Å². The van der Waals surface area contributed by atoms with Gasteiger partial charge in [-0.05, 0) is 13.0 Å². The molecular formula is C21H26FN3O7. The third kappa shape index (κ3) is 3.92. The first-order valence-electron chi connectivity index (χ1n) is 10.4. The van der Waals surface area contributed by atoms with E-state index in [0.717, 1.165) is 6.07 Å². The van der Waals surface area contributed by atoms with E-state index in [1.54, 1.807) is 16.5 Å². The highest BCUT2D eigenvalue weighted by Crippen LogP contribution is 2.42. The lowest BCUT2D eigenvalue weighted by Crippen LogP contribution is -2.54. The molecule has 0 saturated carbocycles. The number of anilines is 1. The largest absolute Gasteiger partial charge is 0.633 e. The first-order chi connectivity index (χ1) is 15.1. The Morgan fingerprint density at radius 3 is 2.78 bits per heavy atom. The number of hydroxylamine groups is 3. The number of halogens is 1. The monoisotopic (exact) mass is 451 g/mol. The molecule has 3 heterocycles. The number of quaternary nitrogens is 1. The highest BCUT2D eigenvalue weighted by Gasteiger charge is 2.32. The number of nitrogens with zero attached hydrogens (tertiary/aromatic N) is 3. The van der Waals surface area contributed by atoms with Crippen LogP contribution in [0.15, 0.2) is 17.1 Å². The molecule has 1 saturated heterocycles. The van der Waals surface area contributed by atoms with Crippen LogP contribution in [0.25, 0.3) is 10.9 Å². The minimum atomic E-state index is -1.27. The maximum absolute atomic E-state index is 15.3. The van der Waals surface area contributed by atoms with Gasteiger partial charge < -0.3 is 39.0 Å². The van der Waals surface area contributed by atoms with Crippen molar-refractivity contribution in [3.63, 3.8) is 0 Å². The third-order valence-corrected chi connectivity index (χ3v) is 5.98. The number of rotatable bonds is 5. The van der Waals surface area contributed by atoms with E-state index in [0.29, 0.717) is 31.7 Å². The van der Waals surface area contributed by atoms with E-state index in [4.69, 9.17) is 14.6 Å². The Bertz CT molecular complexity index is 1110. The van der Waals surface area contributed by atoms with Crippen LogP contribution in [-0.2, 0) is 4.74 Å². The number of aliphatic hydroxyl groups is 2. The lowest BCUT2D eigenvalue weighted by Gasteiger charge is -2.46. The highest BCUT2D eigenvalue weighted by molar-refractivity contribution is 5.98. The second kappa shape index (κ2) is 8.32. The molecule has 10 nitrogen and oxygen atoms in total. The molecule has 1 aromatic heterocycles. The van der Waals surface area contributed by atoms with Crippen molar-refractivity contribution >= 4 is 22.6 Å². The Morgan fingerprint density at radius 1 is 1.44 bits per heavy atom. The molecule has 1 fully saturated rings. The maximum Gasteiger partial charge on any atom is 0.343 e. The summed E-state index contributed by atoms with van der Waals surface area (Å²) in [5, 5.41) is 30.4. The minimum Gasteiger partial charge on any atom is -0.633 e. The average molecular weight is 451 g/mol. The van der Waals surface area contributed by atoms with Crippen LogP contribution in [-0.4, -0.2) is 84.5 Å². The van der Waals surface area contributed by atoms with Crippen molar-refractivity contribution in [1.29, 1.82) is 0 Å². The van der Waals surface area contributed by atoms with Crippen molar-refractivity contribution in [3.05, 3.63) is 39.1 Å². The molecule has 2 aromatic rings. The molecule has 0 radical (unpaired) electrons. The van der Waals surface area contributed by atoms with Crippen LogP contribution in [0, 0.1) is 11.0 Å². The van der Waals surface area contributed by atoms with Gasteiger partial charge in [-0.3, -0.25) is 4.79 Å². The summed E-state index contributed by atoms with van der Waals surface area (Å²) >= 11 is 0. The maximum atomic E-state index is 15.3. The van der Waals surface area contributed by atoms with Crippen molar-refractivity contribution in [3.8, 4) is 5.75 Å². The van der Waals surface area contributed by atoms with Gasteiger partial charge in [-0.1, -0.05) is 0 Å². The Morgan fingerprint density at radius 2 is 2.12 bits per heavy atom. The zero-order valence-corrected chi connectivity index (χ0v) is 17.9. The summed E-state index contributed by atoms with van der Waals surface area (Å²) < 4.78 is 27.4. The second-order valence-electron chi connectivity index (χ2n) is 8.54. The Labute approximate surface area is 183 Å². The van der Waals surface area contributed by atoms with Crippen molar-refractivity contribution in [2.24, 2.45) is 0 Å². The zero-order chi connectivity index (χ0) is 23.2. The molecule has 174 valence electrons. The van der Waals surface area contributed by atoms with Crippen molar-refractivity contribution in [1.82, 2.24) is 4.57 Å². The van der Waals surface area contributed by atoms with Crippen molar-refractivity contribution < 1.29 is 33.5 Å². The van der Waals surface area contributed by atoms with Crippen molar-refractivity contribution in [2.75, 3.05) is 57.9 Å². The molecule has 32 heavy (non-hydrogen) atoms. The van der Waals surface area contributed by atoms with E-state index in [9.17, 15) is 19.9 Å². The zero-order valence-electron chi connectivity index (χ0n) is 17.9. The number of likely N-dealkylation sites (N-methyl/N-ethyl adjacent to an activating group) is 1. The summed E-state index contributed by atoms with van der Waals surface area (Å²) in [6, 6.07) is 0.842. The molecule has 2 unspecified atom stereocenters. The molecule has 0 amide bonds. The molecule has 0 spiro atoms. The summed E-state index contributed by atoms with van der Waals surface area (Å²) in [7, 11) is 1.58. The molecule has 11 heteroatoms. The first kappa shape index (κ1) is 22.5. The summed E-state index contributed by atoms with van der Waals surface area (Å²) in [5.74, 6) is -1.43.